The summed E-state index contributed by atoms with van der Waals surface area (Å²) in [7, 11) is 1.68. The van der Waals surface area contributed by atoms with E-state index in [-0.39, 0.29) is 0 Å². The summed E-state index contributed by atoms with van der Waals surface area (Å²) in [6.45, 7) is 4.20. The molecule has 1 atom stereocenters. The summed E-state index contributed by atoms with van der Waals surface area (Å²) in [5.74, 6) is 1.10. The molecule has 1 heterocycles. The number of aromatic nitrogens is 1. The topological polar surface area (TPSA) is 68.4 Å². The van der Waals surface area contributed by atoms with Crippen LogP contribution in [0.1, 0.15) is 49.8 Å². The maximum Gasteiger partial charge on any atom is 0.129 e. The third-order valence-corrected chi connectivity index (χ3v) is 4.54. The van der Waals surface area contributed by atoms with Crippen molar-refractivity contribution in [3.05, 3.63) is 23.4 Å². The molecular weight excluding hydrogens is 240 g/mol. The number of anilines is 1. The van der Waals surface area contributed by atoms with Crippen LogP contribution in [-0.2, 0) is 4.74 Å². The quantitative estimate of drug-likeness (QED) is 0.880. The Morgan fingerprint density at radius 3 is 2.63 bits per heavy atom. The number of hydrogen-bond donors (Lipinski definition) is 2. The van der Waals surface area contributed by atoms with Crippen molar-refractivity contribution in [1.82, 2.24) is 4.98 Å². The Morgan fingerprint density at radius 2 is 2.11 bits per heavy atom. The maximum absolute atomic E-state index is 10.8. The van der Waals surface area contributed by atoms with Gasteiger partial charge in [0.2, 0.25) is 0 Å². The summed E-state index contributed by atoms with van der Waals surface area (Å²) in [5, 5.41) is 10.8. The molecule has 0 aliphatic heterocycles. The summed E-state index contributed by atoms with van der Waals surface area (Å²) < 4.78 is 5.72. The van der Waals surface area contributed by atoms with Crippen LogP contribution in [0.25, 0.3) is 0 Å². The Bertz CT molecular complexity index is 420. The van der Waals surface area contributed by atoms with Gasteiger partial charge in [0.15, 0.2) is 0 Å². The van der Waals surface area contributed by atoms with Crippen LogP contribution in [0.3, 0.4) is 0 Å². The predicted octanol–water partition coefficient (Wildman–Crippen LogP) is 2.60. The van der Waals surface area contributed by atoms with E-state index in [1.807, 2.05) is 13.0 Å². The minimum absolute atomic E-state index is 0.405. The van der Waals surface area contributed by atoms with Crippen LogP contribution in [-0.4, -0.2) is 22.8 Å². The van der Waals surface area contributed by atoms with E-state index < -0.39 is 11.7 Å². The largest absolute Gasteiger partial charge is 0.385 e. The van der Waals surface area contributed by atoms with Gasteiger partial charge in [-0.2, -0.15) is 0 Å². The number of aliphatic hydroxyl groups excluding tert-OH is 1. The van der Waals surface area contributed by atoms with Gasteiger partial charge in [-0.25, -0.2) is 4.98 Å². The highest BCUT2D eigenvalue weighted by molar-refractivity contribution is 5.46. The van der Waals surface area contributed by atoms with Crippen LogP contribution in [0.2, 0.25) is 0 Å². The number of rotatable bonds is 3. The van der Waals surface area contributed by atoms with Crippen LogP contribution in [0.4, 0.5) is 5.82 Å². The molecule has 1 aromatic rings. The lowest BCUT2D eigenvalue weighted by Gasteiger charge is -2.42. The average Bonchev–Trinajstić information content (AvgIpc) is 2.39. The third-order valence-electron chi connectivity index (χ3n) is 4.54. The highest BCUT2D eigenvalue weighted by atomic mass is 16.5. The molecule has 0 saturated heterocycles. The van der Waals surface area contributed by atoms with E-state index in [0.717, 1.165) is 36.8 Å². The highest BCUT2D eigenvalue weighted by Gasteiger charge is 2.42. The fraction of sp³-hybridized carbons (Fsp3) is 0.667. The van der Waals surface area contributed by atoms with Gasteiger partial charge in [0.1, 0.15) is 11.9 Å². The smallest absolute Gasteiger partial charge is 0.129 e. The first-order chi connectivity index (χ1) is 9.00. The molecule has 1 aliphatic rings. The Kier molecular flexibility index (Phi) is 4.11. The number of nitrogens with zero attached hydrogens (tertiary/aromatic N) is 1. The lowest BCUT2D eigenvalue weighted by atomic mass is 9.74. The molecule has 1 saturated carbocycles. The van der Waals surface area contributed by atoms with E-state index in [1.165, 1.54) is 0 Å². The van der Waals surface area contributed by atoms with E-state index in [2.05, 4.69) is 11.9 Å². The Balaban J connectivity index is 2.33. The number of aryl methyl sites for hydroxylation is 1. The number of hydrogen-bond acceptors (Lipinski definition) is 4. The summed E-state index contributed by atoms with van der Waals surface area (Å²) in [6, 6.07) is 1.88. The minimum Gasteiger partial charge on any atom is -0.385 e. The molecule has 0 bridgehead atoms. The summed E-state index contributed by atoms with van der Waals surface area (Å²) in [5.41, 5.74) is 7.11. The van der Waals surface area contributed by atoms with Gasteiger partial charge in [-0.1, -0.05) is 6.92 Å². The lowest BCUT2D eigenvalue weighted by Crippen LogP contribution is -2.42. The normalized spacial score (nSPS) is 29.2. The highest BCUT2D eigenvalue weighted by Crippen LogP contribution is 2.44. The Morgan fingerprint density at radius 1 is 1.47 bits per heavy atom. The zero-order valence-corrected chi connectivity index (χ0v) is 12.0. The predicted molar refractivity (Wildman–Crippen MR) is 75.7 cm³/mol. The van der Waals surface area contributed by atoms with E-state index in [0.29, 0.717) is 11.7 Å². The molecule has 0 spiro atoms. The van der Waals surface area contributed by atoms with Crippen molar-refractivity contribution in [2.75, 3.05) is 12.8 Å². The van der Waals surface area contributed by atoms with Gasteiger partial charge in [-0.05, 0) is 50.2 Å². The molecule has 19 heavy (non-hydrogen) atoms. The second-order valence-corrected chi connectivity index (χ2v) is 5.78. The van der Waals surface area contributed by atoms with E-state index in [4.69, 9.17) is 10.5 Å². The van der Waals surface area contributed by atoms with Gasteiger partial charge in [-0.3, -0.25) is 0 Å². The first-order valence-corrected chi connectivity index (χ1v) is 6.94. The standard InChI is InChI=1S/C15H24N2O2/c1-10-4-7-15(19-3,8-5-10)13(18)12-11(2)6-9-17-14(12)16/h6,9-10,13,18H,4-5,7-8H2,1-3H3,(H2,16,17). The number of methoxy groups -OCH3 is 1. The molecule has 106 valence electrons. The van der Waals surface area contributed by atoms with Crippen molar-refractivity contribution in [2.24, 2.45) is 5.92 Å². The first-order valence-electron chi connectivity index (χ1n) is 6.94. The summed E-state index contributed by atoms with van der Waals surface area (Å²) in [4.78, 5) is 4.10. The van der Waals surface area contributed by atoms with Crippen molar-refractivity contribution < 1.29 is 9.84 Å². The number of ether oxygens (including phenoxy) is 1. The minimum atomic E-state index is -0.710. The molecule has 1 unspecified atom stereocenters. The van der Waals surface area contributed by atoms with Crippen molar-refractivity contribution in [3.63, 3.8) is 0 Å². The van der Waals surface area contributed by atoms with Gasteiger partial charge in [0, 0.05) is 18.9 Å². The van der Waals surface area contributed by atoms with Crippen molar-refractivity contribution >= 4 is 5.82 Å². The van der Waals surface area contributed by atoms with Crippen LogP contribution in [0, 0.1) is 12.8 Å². The zero-order chi connectivity index (χ0) is 14.0. The van der Waals surface area contributed by atoms with Crippen molar-refractivity contribution in [2.45, 2.75) is 51.2 Å². The van der Waals surface area contributed by atoms with Crippen LogP contribution < -0.4 is 5.73 Å². The number of nitrogens with two attached hydrogens (primary N) is 1. The molecule has 0 amide bonds. The van der Waals surface area contributed by atoms with Crippen LogP contribution >= 0.6 is 0 Å². The fourth-order valence-corrected chi connectivity index (χ4v) is 3.05. The third kappa shape index (κ3) is 2.60. The van der Waals surface area contributed by atoms with E-state index in [9.17, 15) is 5.11 Å². The molecule has 3 N–H and O–H groups in total. The van der Waals surface area contributed by atoms with Crippen LogP contribution in [0.15, 0.2) is 12.3 Å². The summed E-state index contributed by atoms with van der Waals surface area (Å²) in [6.07, 6.45) is 4.83. The Hall–Kier alpha value is -1.13. The number of pyridine rings is 1. The molecule has 1 aromatic heterocycles. The van der Waals surface area contributed by atoms with Gasteiger partial charge in [-0.15, -0.1) is 0 Å². The van der Waals surface area contributed by atoms with Crippen molar-refractivity contribution in [1.29, 1.82) is 0 Å². The van der Waals surface area contributed by atoms with E-state index >= 15 is 0 Å². The second kappa shape index (κ2) is 5.47. The number of aliphatic hydroxyl groups is 1. The van der Waals surface area contributed by atoms with E-state index in [1.54, 1.807) is 13.3 Å². The molecule has 1 fully saturated rings. The maximum atomic E-state index is 10.8. The zero-order valence-electron chi connectivity index (χ0n) is 12.0. The van der Waals surface area contributed by atoms with Gasteiger partial charge in [0.05, 0.1) is 5.60 Å². The summed E-state index contributed by atoms with van der Waals surface area (Å²) >= 11 is 0. The molecule has 0 radical (unpaired) electrons. The van der Waals surface area contributed by atoms with Gasteiger partial charge < -0.3 is 15.6 Å². The Labute approximate surface area is 115 Å². The SMILES string of the molecule is COC1(C(O)c2c(C)ccnc2N)CCC(C)CC1. The lowest BCUT2D eigenvalue weighted by molar-refractivity contribution is -0.130. The number of nitrogen functional groups attached to an aromatic ring is 1. The van der Waals surface area contributed by atoms with Gasteiger partial charge >= 0.3 is 0 Å². The fourth-order valence-electron chi connectivity index (χ4n) is 3.05. The van der Waals surface area contributed by atoms with Gasteiger partial charge in [0.25, 0.3) is 0 Å². The monoisotopic (exact) mass is 264 g/mol. The molecule has 4 nitrogen and oxygen atoms in total. The molecule has 2 rings (SSSR count). The second-order valence-electron chi connectivity index (χ2n) is 5.78. The molecule has 0 aromatic carbocycles. The van der Waals surface area contributed by atoms with Crippen molar-refractivity contribution in [3.8, 4) is 0 Å². The molecule has 1 aliphatic carbocycles. The average molecular weight is 264 g/mol. The molecule has 4 heteroatoms. The van der Waals surface area contributed by atoms with Crippen LogP contribution in [0.5, 0.6) is 0 Å². The first kappa shape index (κ1) is 14.3. The molecular formula is C15H24N2O2.